The topological polar surface area (TPSA) is 115 Å². The van der Waals surface area contributed by atoms with Crippen LogP contribution in [0.1, 0.15) is 17.3 Å². The van der Waals surface area contributed by atoms with Gasteiger partial charge in [-0.25, -0.2) is 9.67 Å². The summed E-state index contributed by atoms with van der Waals surface area (Å²) in [5.74, 6) is -0.377. The van der Waals surface area contributed by atoms with Gasteiger partial charge < -0.3 is 5.32 Å². The molecule has 0 atom stereocenters. The molecule has 144 valence electrons. The molecule has 2 amide bonds. The van der Waals surface area contributed by atoms with E-state index in [9.17, 15) is 9.59 Å². The Morgan fingerprint density at radius 3 is 2.41 bits per heavy atom. The Hall–Kier alpha value is -3.92. The summed E-state index contributed by atoms with van der Waals surface area (Å²) in [7, 11) is 0. The third kappa shape index (κ3) is 4.33. The Morgan fingerprint density at radius 2 is 1.76 bits per heavy atom. The van der Waals surface area contributed by atoms with E-state index in [4.69, 9.17) is 0 Å². The molecule has 29 heavy (non-hydrogen) atoms. The summed E-state index contributed by atoms with van der Waals surface area (Å²) in [6.07, 6.45) is 1.48. The molecule has 0 unspecified atom stereocenters. The van der Waals surface area contributed by atoms with Crippen LogP contribution in [0.25, 0.3) is 16.9 Å². The highest BCUT2D eigenvalue weighted by Crippen LogP contribution is 2.26. The van der Waals surface area contributed by atoms with Gasteiger partial charge in [-0.05, 0) is 46.8 Å². The first-order valence-electron chi connectivity index (χ1n) is 8.57. The van der Waals surface area contributed by atoms with E-state index >= 15 is 0 Å². The lowest BCUT2D eigenvalue weighted by Gasteiger charge is -2.04. The fraction of sp³-hybridized carbons (Fsp3) is 0.0526. The van der Waals surface area contributed by atoms with Crippen molar-refractivity contribution in [1.82, 2.24) is 25.2 Å². The summed E-state index contributed by atoms with van der Waals surface area (Å²) < 4.78 is 1.51. The molecule has 0 saturated heterocycles. The average molecular weight is 405 g/mol. The zero-order valence-corrected chi connectivity index (χ0v) is 16.1. The predicted octanol–water partition coefficient (Wildman–Crippen LogP) is 3.00. The zero-order valence-electron chi connectivity index (χ0n) is 15.2. The monoisotopic (exact) mass is 405 g/mol. The van der Waals surface area contributed by atoms with Crippen molar-refractivity contribution in [3.8, 4) is 16.9 Å². The van der Waals surface area contributed by atoms with Crippen molar-refractivity contribution >= 4 is 34.0 Å². The van der Waals surface area contributed by atoms with Gasteiger partial charge >= 0.3 is 0 Å². The highest BCUT2D eigenvalue weighted by molar-refractivity contribution is 7.14. The van der Waals surface area contributed by atoms with Gasteiger partial charge in [0.25, 0.3) is 5.91 Å². The summed E-state index contributed by atoms with van der Waals surface area (Å²) in [5.41, 5.74) is 3.61. The molecule has 0 spiro atoms. The first-order valence-corrected chi connectivity index (χ1v) is 9.45. The van der Waals surface area contributed by atoms with E-state index in [0.29, 0.717) is 10.7 Å². The Kier molecular flexibility index (Phi) is 5.08. The average Bonchev–Trinajstić information content (AvgIpc) is 3.40. The molecular weight excluding hydrogens is 390 g/mol. The number of nitrogens with zero attached hydrogens (tertiary/aromatic N) is 5. The molecule has 2 aromatic carbocycles. The number of nitrogens with one attached hydrogen (secondary N) is 2. The second-order valence-electron chi connectivity index (χ2n) is 6.05. The summed E-state index contributed by atoms with van der Waals surface area (Å²) in [5, 5.41) is 18.9. The number of tetrazole rings is 1. The van der Waals surface area contributed by atoms with Crippen LogP contribution in [0.5, 0.6) is 0 Å². The molecule has 10 heteroatoms. The summed E-state index contributed by atoms with van der Waals surface area (Å²) in [6.45, 7) is 1.46. The van der Waals surface area contributed by atoms with Crippen LogP contribution in [0.15, 0.2) is 60.2 Å². The number of carbonyl (C=O) groups excluding carboxylic acids is 2. The summed E-state index contributed by atoms with van der Waals surface area (Å²) in [6, 6.07) is 14.3. The number of aromatic nitrogens is 5. The van der Waals surface area contributed by atoms with Gasteiger partial charge in [0, 0.05) is 29.1 Å². The molecule has 4 aromatic rings. The Balaban J connectivity index is 1.43. The van der Waals surface area contributed by atoms with Crippen LogP contribution in [0.3, 0.4) is 0 Å². The third-order valence-corrected chi connectivity index (χ3v) is 4.73. The van der Waals surface area contributed by atoms with E-state index in [-0.39, 0.29) is 11.8 Å². The Bertz CT molecular complexity index is 1140. The van der Waals surface area contributed by atoms with Gasteiger partial charge in [0.15, 0.2) is 5.13 Å². The van der Waals surface area contributed by atoms with Crippen LogP contribution in [0.2, 0.25) is 0 Å². The molecule has 2 aromatic heterocycles. The van der Waals surface area contributed by atoms with Gasteiger partial charge in [-0.1, -0.05) is 12.1 Å². The molecule has 0 aliphatic heterocycles. The van der Waals surface area contributed by atoms with Crippen molar-refractivity contribution in [2.45, 2.75) is 6.92 Å². The third-order valence-electron chi connectivity index (χ3n) is 3.97. The van der Waals surface area contributed by atoms with Gasteiger partial charge in [0.1, 0.15) is 6.33 Å². The van der Waals surface area contributed by atoms with Gasteiger partial charge in [-0.3, -0.25) is 14.9 Å². The maximum atomic E-state index is 12.5. The van der Waals surface area contributed by atoms with Crippen molar-refractivity contribution < 1.29 is 9.59 Å². The maximum Gasteiger partial charge on any atom is 0.257 e. The number of carbonyl (C=O) groups is 2. The standard InChI is InChI=1S/C19H15N7O2S/c1-12(27)21-15-6-2-13(3-7-15)17-10-29-19(22-17)23-18(28)14-4-8-16(9-5-14)26-11-20-24-25-26/h2-11H,1H3,(H,21,27)(H,22,23,28). The van der Waals surface area contributed by atoms with Crippen LogP contribution < -0.4 is 10.6 Å². The van der Waals surface area contributed by atoms with Crippen LogP contribution >= 0.6 is 11.3 Å². The number of hydrogen-bond acceptors (Lipinski definition) is 7. The molecule has 0 radical (unpaired) electrons. The number of benzene rings is 2. The lowest BCUT2D eigenvalue weighted by Crippen LogP contribution is -2.11. The highest BCUT2D eigenvalue weighted by atomic mass is 32.1. The molecule has 4 rings (SSSR count). The van der Waals surface area contributed by atoms with Crippen LogP contribution in [0, 0.1) is 0 Å². The zero-order chi connectivity index (χ0) is 20.2. The predicted molar refractivity (Wildman–Crippen MR) is 109 cm³/mol. The van der Waals surface area contributed by atoms with E-state index in [1.165, 1.54) is 29.3 Å². The minimum atomic E-state index is -0.254. The molecule has 9 nitrogen and oxygen atoms in total. The molecule has 0 aliphatic carbocycles. The maximum absolute atomic E-state index is 12.5. The molecule has 0 aliphatic rings. The Labute approximate surface area is 169 Å². The number of hydrogen-bond donors (Lipinski definition) is 2. The van der Waals surface area contributed by atoms with Crippen LogP contribution in [-0.4, -0.2) is 37.0 Å². The van der Waals surface area contributed by atoms with Gasteiger partial charge in [-0.15, -0.1) is 16.4 Å². The van der Waals surface area contributed by atoms with Crippen molar-refractivity contribution in [2.24, 2.45) is 0 Å². The van der Waals surface area contributed by atoms with Gasteiger partial charge in [-0.2, -0.15) is 0 Å². The van der Waals surface area contributed by atoms with Crippen LogP contribution in [-0.2, 0) is 4.79 Å². The lowest BCUT2D eigenvalue weighted by molar-refractivity contribution is -0.114. The van der Waals surface area contributed by atoms with E-state index in [2.05, 4.69) is 31.1 Å². The van der Waals surface area contributed by atoms with E-state index < -0.39 is 0 Å². The molecular formula is C19H15N7O2S. The normalized spacial score (nSPS) is 10.5. The SMILES string of the molecule is CC(=O)Nc1ccc(-c2csc(NC(=O)c3ccc(-n4cnnn4)cc3)n2)cc1. The second kappa shape index (κ2) is 7.98. The fourth-order valence-electron chi connectivity index (χ4n) is 2.61. The lowest BCUT2D eigenvalue weighted by atomic mass is 10.1. The fourth-order valence-corrected chi connectivity index (χ4v) is 3.32. The van der Waals surface area contributed by atoms with Gasteiger partial charge in [0.2, 0.25) is 5.91 Å². The largest absolute Gasteiger partial charge is 0.326 e. The highest BCUT2D eigenvalue weighted by Gasteiger charge is 2.11. The first kappa shape index (κ1) is 18.4. The molecule has 0 fully saturated rings. The van der Waals surface area contributed by atoms with Crippen molar-refractivity contribution in [1.29, 1.82) is 0 Å². The summed E-state index contributed by atoms with van der Waals surface area (Å²) >= 11 is 1.34. The van der Waals surface area contributed by atoms with Crippen molar-refractivity contribution in [3.05, 3.63) is 65.8 Å². The summed E-state index contributed by atoms with van der Waals surface area (Å²) in [4.78, 5) is 28.0. The van der Waals surface area contributed by atoms with E-state index in [1.807, 2.05) is 17.5 Å². The molecule has 2 heterocycles. The first-order chi connectivity index (χ1) is 14.1. The van der Waals surface area contributed by atoms with Gasteiger partial charge in [0.05, 0.1) is 11.4 Å². The van der Waals surface area contributed by atoms with E-state index in [1.54, 1.807) is 36.4 Å². The minimum Gasteiger partial charge on any atom is -0.326 e. The Morgan fingerprint density at radius 1 is 1.00 bits per heavy atom. The van der Waals surface area contributed by atoms with Crippen molar-refractivity contribution in [3.63, 3.8) is 0 Å². The van der Waals surface area contributed by atoms with E-state index in [0.717, 1.165) is 22.6 Å². The van der Waals surface area contributed by atoms with Crippen molar-refractivity contribution in [2.75, 3.05) is 10.6 Å². The number of rotatable bonds is 5. The molecule has 0 bridgehead atoms. The smallest absolute Gasteiger partial charge is 0.257 e. The number of amides is 2. The quantitative estimate of drug-likeness (QED) is 0.527. The molecule has 0 saturated carbocycles. The minimum absolute atomic E-state index is 0.123. The molecule has 2 N–H and O–H groups in total. The second-order valence-corrected chi connectivity index (χ2v) is 6.91. The van der Waals surface area contributed by atoms with Crippen LogP contribution in [0.4, 0.5) is 10.8 Å². The number of anilines is 2. The number of thiazole rings is 1.